The average molecular weight is 214 g/mol. The number of carboxylic acids is 1. The van der Waals surface area contributed by atoms with Crippen LogP contribution in [0.2, 0.25) is 0 Å². The monoisotopic (exact) mass is 214 g/mol. The van der Waals surface area contributed by atoms with Gasteiger partial charge >= 0.3 is 5.97 Å². The molecule has 82 valence electrons. The maximum absolute atomic E-state index is 10.9. The van der Waals surface area contributed by atoms with Gasteiger partial charge in [-0.3, -0.25) is 4.79 Å². The van der Waals surface area contributed by atoms with Crippen LogP contribution in [-0.4, -0.2) is 11.1 Å². The Bertz CT molecular complexity index is 402. The van der Waals surface area contributed by atoms with Crippen LogP contribution < -0.4 is 0 Å². The molecular formula is C14H14O2. The molecule has 2 nitrogen and oxygen atoms in total. The van der Waals surface area contributed by atoms with E-state index in [4.69, 9.17) is 5.11 Å². The van der Waals surface area contributed by atoms with Crippen molar-refractivity contribution in [3.05, 3.63) is 66.8 Å². The summed E-state index contributed by atoms with van der Waals surface area (Å²) in [6, 6.07) is 9.59. The number of aliphatic carboxylic acids is 1. The van der Waals surface area contributed by atoms with Crippen molar-refractivity contribution in [3.63, 3.8) is 0 Å². The van der Waals surface area contributed by atoms with Crippen LogP contribution in [0.4, 0.5) is 0 Å². The smallest absolute Gasteiger partial charge is 0.314 e. The van der Waals surface area contributed by atoms with Crippen LogP contribution in [0.5, 0.6) is 0 Å². The zero-order valence-corrected chi connectivity index (χ0v) is 8.91. The van der Waals surface area contributed by atoms with E-state index >= 15 is 0 Å². The molecule has 1 atom stereocenters. The third-order valence-electron chi connectivity index (χ3n) is 2.04. The minimum atomic E-state index is -0.870. The predicted octanol–water partition coefficient (Wildman–Crippen LogP) is 3.14. The molecule has 1 unspecified atom stereocenters. The lowest BCUT2D eigenvalue weighted by Gasteiger charge is -1.99. The number of rotatable bonds is 5. The van der Waals surface area contributed by atoms with Gasteiger partial charge in [0, 0.05) is 0 Å². The highest BCUT2D eigenvalue weighted by Crippen LogP contribution is 2.07. The number of hydrogen-bond acceptors (Lipinski definition) is 1. The van der Waals surface area contributed by atoms with E-state index in [1.165, 1.54) is 0 Å². The Labute approximate surface area is 95.2 Å². The second-order valence-electron chi connectivity index (χ2n) is 3.25. The summed E-state index contributed by atoms with van der Waals surface area (Å²) in [7, 11) is 0. The van der Waals surface area contributed by atoms with Crippen LogP contribution in [0.3, 0.4) is 0 Å². The van der Waals surface area contributed by atoms with Gasteiger partial charge < -0.3 is 5.11 Å². The molecule has 2 heteroatoms. The van der Waals surface area contributed by atoms with Gasteiger partial charge in [0.25, 0.3) is 0 Å². The number of benzene rings is 1. The topological polar surface area (TPSA) is 37.3 Å². The van der Waals surface area contributed by atoms with Crippen LogP contribution in [0.1, 0.15) is 5.56 Å². The summed E-state index contributed by atoms with van der Waals surface area (Å²) < 4.78 is 0. The Morgan fingerprint density at radius 2 is 1.94 bits per heavy atom. The van der Waals surface area contributed by atoms with Gasteiger partial charge in [-0.1, -0.05) is 67.3 Å². The van der Waals surface area contributed by atoms with Crippen LogP contribution in [0, 0.1) is 5.92 Å². The molecule has 0 aromatic heterocycles. The summed E-state index contributed by atoms with van der Waals surface area (Å²) in [4.78, 5) is 10.9. The van der Waals surface area contributed by atoms with Gasteiger partial charge in [0.2, 0.25) is 0 Å². The average Bonchev–Trinajstić information content (AvgIpc) is 2.30. The fourth-order valence-corrected chi connectivity index (χ4v) is 1.21. The third-order valence-corrected chi connectivity index (χ3v) is 2.04. The summed E-state index contributed by atoms with van der Waals surface area (Å²) in [5, 5.41) is 8.94. The van der Waals surface area contributed by atoms with Gasteiger partial charge in [-0.05, 0) is 5.56 Å². The van der Waals surface area contributed by atoms with Crippen molar-refractivity contribution in [2.75, 3.05) is 0 Å². The van der Waals surface area contributed by atoms with Crippen molar-refractivity contribution in [2.45, 2.75) is 0 Å². The van der Waals surface area contributed by atoms with Crippen LogP contribution in [-0.2, 0) is 4.79 Å². The molecular weight excluding hydrogens is 200 g/mol. The highest BCUT2D eigenvalue weighted by atomic mass is 16.4. The second kappa shape index (κ2) is 6.40. The number of hydrogen-bond donors (Lipinski definition) is 1. The Hall–Kier alpha value is -2.09. The van der Waals surface area contributed by atoms with E-state index in [9.17, 15) is 4.79 Å². The lowest BCUT2D eigenvalue weighted by molar-refractivity contribution is -0.138. The second-order valence-corrected chi connectivity index (χ2v) is 3.25. The summed E-state index contributed by atoms with van der Waals surface area (Å²) in [5.74, 6) is -1.48. The van der Waals surface area contributed by atoms with E-state index in [0.29, 0.717) is 0 Å². The quantitative estimate of drug-likeness (QED) is 0.764. The minimum absolute atomic E-state index is 0.613. The third kappa shape index (κ3) is 3.96. The highest BCUT2D eigenvalue weighted by molar-refractivity contribution is 5.76. The van der Waals surface area contributed by atoms with Gasteiger partial charge in [-0.2, -0.15) is 0 Å². The summed E-state index contributed by atoms with van der Waals surface area (Å²) in [5.41, 5.74) is 0.987. The fraction of sp³-hybridized carbons (Fsp3) is 0.0714. The lowest BCUT2D eigenvalue weighted by atomic mass is 10.1. The molecule has 0 saturated heterocycles. The van der Waals surface area contributed by atoms with Gasteiger partial charge in [0.15, 0.2) is 0 Å². The molecule has 0 bridgehead atoms. The SMILES string of the molecule is C=CC=CC(C=Cc1ccccc1)C(=O)O. The first-order valence-electron chi connectivity index (χ1n) is 4.99. The minimum Gasteiger partial charge on any atom is -0.481 e. The van der Waals surface area contributed by atoms with E-state index in [0.717, 1.165) is 5.56 Å². The molecule has 0 aliphatic heterocycles. The zero-order valence-electron chi connectivity index (χ0n) is 8.91. The van der Waals surface area contributed by atoms with E-state index in [1.807, 2.05) is 30.3 Å². The zero-order chi connectivity index (χ0) is 11.8. The van der Waals surface area contributed by atoms with Crippen molar-refractivity contribution in [1.29, 1.82) is 0 Å². The van der Waals surface area contributed by atoms with Crippen LogP contribution in [0.15, 0.2) is 61.2 Å². The summed E-state index contributed by atoms with van der Waals surface area (Å²) in [6.07, 6.45) is 8.24. The standard InChI is InChI=1S/C14H14O2/c1-2-3-9-13(14(15)16)11-10-12-7-5-4-6-8-12/h2-11,13H,1H2,(H,15,16). The van der Waals surface area contributed by atoms with Crippen molar-refractivity contribution >= 4 is 12.0 Å². The molecule has 1 aromatic carbocycles. The summed E-state index contributed by atoms with van der Waals surface area (Å²) >= 11 is 0. The molecule has 0 spiro atoms. The molecule has 0 fully saturated rings. The first-order chi connectivity index (χ1) is 7.74. The molecule has 0 aliphatic carbocycles. The van der Waals surface area contributed by atoms with E-state index in [-0.39, 0.29) is 0 Å². The molecule has 1 N–H and O–H groups in total. The van der Waals surface area contributed by atoms with Crippen LogP contribution >= 0.6 is 0 Å². The van der Waals surface area contributed by atoms with Gasteiger partial charge in [-0.25, -0.2) is 0 Å². The van der Waals surface area contributed by atoms with E-state index < -0.39 is 11.9 Å². The number of carboxylic acid groups (broad SMARTS) is 1. The molecule has 1 rings (SSSR count). The number of allylic oxidation sites excluding steroid dienone is 2. The molecule has 16 heavy (non-hydrogen) atoms. The summed E-state index contributed by atoms with van der Waals surface area (Å²) in [6.45, 7) is 3.51. The maximum atomic E-state index is 10.9. The molecule has 0 amide bonds. The maximum Gasteiger partial charge on any atom is 0.314 e. The van der Waals surface area contributed by atoms with Crippen molar-refractivity contribution in [3.8, 4) is 0 Å². The van der Waals surface area contributed by atoms with Crippen molar-refractivity contribution in [1.82, 2.24) is 0 Å². The Morgan fingerprint density at radius 1 is 1.25 bits per heavy atom. The Morgan fingerprint density at radius 3 is 2.50 bits per heavy atom. The fourth-order valence-electron chi connectivity index (χ4n) is 1.21. The largest absolute Gasteiger partial charge is 0.481 e. The van der Waals surface area contributed by atoms with Crippen molar-refractivity contribution < 1.29 is 9.90 Å². The van der Waals surface area contributed by atoms with Gasteiger partial charge in [0.05, 0.1) is 5.92 Å². The molecule has 0 radical (unpaired) electrons. The predicted molar refractivity (Wildman–Crippen MR) is 65.9 cm³/mol. The molecule has 0 saturated carbocycles. The first kappa shape index (κ1) is 12.0. The highest BCUT2D eigenvalue weighted by Gasteiger charge is 2.08. The van der Waals surface area contributed by atoms with Gasteiger partial charge in [-0.15, -0.1) is 0 Å². The molecule has 0 aliphatic rings. The Balaban J connectivity index is 2.76. The van der Waals surface area contributed by atoms with Gasteiger partial charge in [0.1, 0.15) is 0 Å². The van der Waals surface area contributed by atoms with Crippen molar-refractivity contribution in [2.24, 2.45) is 5.92 Å². The normalized spacial score (nSPS) is 13.0. The first-order valence-corrected chi connectivity index (χ1v) is 4.99. The Kier molecular flexibility index (Phi) is 4.80. The number of carbonyl (C=O) groups is 1. The lowest BCUT2D eigenvalue weighted by Crippen LogP contribution is -2.07. The molecule has 0 heterocycles. The van der Waals surface area contributed by atoms with E-state index in [2.05, 4.69) is 6.58 Å². The molecule has 1 aromatic rings. The van der Waals surface area contributed by atoms with E-state index in [1.54, 1.807) is 30.4 Å². The van der Waals surface area contributed by atoms with Crippen LogP contribution in [0.25, 0.3) is 6.08 Å².